The summed E-state index contributed by atoms with van der Waals surface area (Å²) in [6, 6.07) is 5.97. The molecule has 0 aromatic heterocycles. The maximum Gasteiger partial charge on any atom is 0.387 e. The molecular weight excluding hydrogens is 308 g/mol. The number of hydrogen-bond acceptors (Lipinski definition) is 4. The number of esters is 1. The number of amides is 1. The molecule has 0 heterocycles. The summed E-state index contributed by atoms with van der Waals surface area (Å²) in [7, 11) is 0. The van der Waals surface area contributed by atoms with Crippen LogP contribution >= 0.6 is 0 Å². The Balaban J connectivity index is 1.81. The van der Waals surface area contributed by atoms with Gasteiger partial charge in [0.15, 0.2) is 6.10 Å². The fourth-order valence-corrected chi connectivity index (χ4v) is 1.74. The third-order valence-electron chi connectivity index (χ3n) is 3.10. The third-order valence-corrected chi connectivity index (χ3v) is 3.10. The molecule has 1 saturated carbocycles. The predicted octanol–water partition coefficient (Wildman–Crippen LogP) is 2.51. The van der Waals surface area contributed by atoms with Crippen molar-refractivity contribution in [2.24, 2.45) is 0 Å². The zero-order valence-corrected chi connectivity index (χ0v) is 12.5. The number of carbonyl (C=O) groups excluding carboxylic acids is 2. The van der Waals surface area contributed by atoms with E-state index in [0.29, 0.717) is 5.56 Å². The molecule has 23 heavy (non-hydrogen) atoms. The van der Waals surface area contributed by atoms with Gasteiger partial charge in [0.2, 0.25) is 0 Å². The van der Waals surface area contributed by atoms with Gasteiger partial charge in [-0.2, -0.15) is 8.78 Å². The average Bonchev–Trinajstić information content (AvgIpc) is 3.30. The highest BCUT2D eigenvalue weighted by atomic mass is 19.3. The van der Waals surface area contributed by atoms with E-state index in [4.69, 9.17) is 4.74 Å². The second kappa shape index (κ2) is 7.71. The van der Waals surface area contributed by atoms with E-state index >= 15 is 0 Å². The Morgan fingerprint density at radius 2 is 1.91 bits per heavy atom. The summed E-state index contributed by atoms with van der Waals surface area (Å²) < 4.78 is 33.2. The van der Waals surface area contributed by atoms with Gasteiger partial charge in [-0.3, -0.25) is 4.79 Å². The minimum atomic E-state index is -2.88. The number of nitrogens with one attached hydrogen (secondary N) is 1. The maximum atomic E-state index is 12.0. The van der Waals surface area contributed by atoms with Gasteiger partial charge in [-0.15, -0.1) is 0 Å². The minimum absolute atomic E-state index is 0.0325. The molecule has 0 radical (unpaired) electrons. The molecule has 1 amide bonds. The molecule has 1 aliphatic rings. The number of benzene rings is 1. The average molecular weight is 325 g/mol. The van der Waals surface area contributed by atoms with Crippen LogP contribution < -0.4 is 10.1 Å². The van der Waals surface area contributed by atoms with Crippen molar-refractivity contribution in [1.29, 1.82) is 0 Å². The lowest BCUT2D eigenvalue weighted by atomic mass is 10.2. The van der Waals surface area contributed by atoms with Crippen molar-refractivity contribution in [3.8, 4) is 5.75 Å². The Morgan fingerprint density at radius 3 is 2.48 bits per heavy atom. The van der Waals surface area contributed by atoms with E-state index in [9.17, 15) is 18.4 Å². The highest BCUT2D eigenvalue weighted by Gasteiger charge is 2.26. The van der Waals surface area contributed by atoms with Crippen molar-refractivity contribution in [1.82, 2.24) is 5.32 Å². The Morgan fingerprint density at radius 1 is 1.26 bits per heavy atom. The van der Waals surface area contributed by atoms with Gasteiger partial charge in [0.05, 0.1) is 0 Å². The van der Waals surface area contributed by atoms with Gasteiger partial charge >= 0.3 is 12.6 Å². The molecule has 0 saturated heterocycles. The molecule has 1 aliphatic carbocycles. The van der Waals surface area contributed by atoms with E-state index in [1.165, 1.54) is 43.3 Å². The molecule has 1 atom stereocenters. The summed E-state index contributed by atoms with van der Waals surface area (Å²) in [4.78, 5) is 23.3. The van der Waals surface area contributed by atoms with Crippen LogP contribution in [-0.2, 0) is 14.3 Å². The van der Waals surface area contributed by atoms with Crippen LogP contribution in [0.1, 0.15) is 25.3 Å². The summed E-state index contributed by atoms with van der Waals surface area (Å²) >= 11 is 0. The van der Waals surface area contributed by atoms with E-state index in [1.54, 1.807) is 0 Å². The van der Waals surface area contributed by atoms with Gasteiger partial charge in [-0.1, -0.05) is 12.1 Å². The monoisotopic (exact) mass is 325 g/mol. The molecule has 0 spiro atoms. The number of carbonyl (C=O) groups is 2. The molecule has 0 bridgehead atoms. The maximum absolute atomic E-state index is 12.0. The summed E-state index contributed by atoms with van der Waals surface area (Å²) in [6.07, 6.45) is 3.67. The number of hydrogen-bond donors (Lipinski definition) is 1. The van der Waals surface area contributed by atoms with Crippen molar-refractivity contribution < 1.29 is 27.8 Å². The Bertz CT molecular complexity index is 582. The normalized spacial score (nSPS) is 15.5. The Kier molecular flexibility index (Phi) is 5.67. The number of ether oxygens (including phenoxy) is 2. The molecule has 5 nitrogen and oxygen atoms in total. The van der Waals surface area contributed by atoms with Gasteiger partial charge in [-0.25, -0.2) is 4.79 Å². The topological polar surface area (TPSA) is 64.6 Å². The third kappa shape index (κ3) is 6.06. The summed E-state index contributed by atoms with van der Waals surface area (Å²) in [5.74, 6) is -0.941. The first-order valence-electron chi connectivity index (χ1n) is 7.18. The molecule has 2 rings (SSSR count). The highest BCUT2D eigenvalue weighted by Crippen LogP contribution is 2.19. The van der Waals surface area contributed by atoms with Crippen LogP contribution in [0.2, 0.25) is 0 Å². The van der Waals surface area contributed by atoms with Crippen molar-refractivity contribution >= 4 is 18.0 Å². The summed E-state index contributed by atoms with van der Waals surface area (Å²) in [6.45, 7) is -1.38. The van der Waals surface area contributed by atoms with Gasteiger partial charge in [0, 0.05) is 12.1 Å². The lowest BCUT2D eigenvalue weighted by Crippen LogP contribution is -2.36. The second-order valence-corrected chi connectivity index (χ2v) is 5.14. The van der Waals surface area contributed by atoms with Crippen LogP contribution in [0, 0.1) is 0 Å². The minimum Gasteiger partial charge on any atom is -0.449 e. The smallest absolute Gasteiger partial charge is 0.387 e. The van der Waals surface area contributed by atoms with E-state index in [-0.39, 0.29) is 17.7 Å². The number of alkyl halides is 2. The van der Waals surface area contributed by atoms with Crippen LogP contribution in [-0.4, -0.2) is 30.6 Å². The Hall–Kier alpha value is -2.44. The van der Waals surface area contributed by atoms with Crippen LogP contribution in [0.3, 0.4) is 0 Å². The van der Waals surface area contributed by atoms with Crippen LogP contribution in [0.4, 0.5) is 8.78 Å². The van der Waals surface area contributed by atoms with Crippen molar-refractivity contribution in [3.63, 3.8) is 0 Å². The molecule has 7 heteroatoms. The molecule has 1 aromatic rings. The fourth-order valence-electron chi connectivity index (χ4n) is 1.74. The van der Waals surface area contributed by atoms with Gasteiger partial charge in [0.25, 0.3) is 5.91 Å². The van der Waals surface area contributed by atoms with Crippen LogP contribution in [0.15, 0.2) is 30.3 Å². The molecule has 1 aromatic carbocycles. The van der Waals surface area contributed by atoms with Crippen molar-refractivity contribution in [2.75, 3.05) is 0 Å². The van der Waals surface area contributed by atoms with Gasteiger partial charge < -0.3 is 14.8 Å². The SMILES string of the molecule is CC(OC(=O)/C=C/c1ccc(OC(F)F)cc1)C(=O)NC1CC1. The first-order chi connectivity index (χ1) is 10.9. The number of halogens is 2. The van der Waals surface area contributed by atoms with Crippen molar-refractivity contribution in [2.45, 2.75) is 38.5 Å². The molecule has 0 aliphatic heterocycles. The zero-order valence-electron chi connectivity index (χ0n) is 12.5. The Labute approximate surface area is 132 Å². The zero-order chi connectivity index (χ0) is 16.8. The largest absolute Gasteiger partial charge is 0.449 e. The van der Waals surface area contributed by atoms with E-state index in [1.807, 2.05) is 0 Å². The summed E-state index contributed by atoms with van der Waals surface area (Å²) in [5.41, 5.74) is 0.610. The molecular formula is C16H17F2NO4. The second-order valence-electron chi connectivity index (χ2n) is 5.14. The molecule has 124 valence electrons. The molecule has 1 fully saturated rings. The summed E-state index contributed by atoms with van der Waals surface area (Å²) in [5, 5.41) is 2.74. The van der Waals surface area contributed by atoms with Crippen LogP contribution in [0.5, 0.6) is 5.75 Å². The van der Waals surface area contributed by atoms with Gasteiger partial charge in [-0.05, 0) is 43.5 Å². The van der Waals surface area contributed by atoms with Crippen molar-refractivity contribution in [3.05, 3.63) is 35.9 Å². The van der Waals surface area contributed by atoms with E-state index < -0.39 is 18.7 Å². The van der Waals surface area contributed by atoms with E-state index in [0.717, 1.165) is 12.8 Å². The first kappa shape index (κ1) is 16.9. The first-order valence-corrected chi connectivity index (χ1v) is 7.18. The lowest BCUT2D eigenvalue weighted by Gasteiger charge is -2.11. The number of rotatable bonds is 7. The lowest BCUT2D eigenvalue weighted by molar-refractivity contribution is -0.150. The van der Waals surface area contributed by atoms with Crippen LogP contribution in [0.25, 0.3) is 6.08 Å². The molecule has 1 N–H and O–H groups in total. The molecule has 1 unspecified atom stereocenters. The standard InChI is InChI=1S/C16H17F2NO4/c1-10(15(21)19-12-5-6-12)22-14(20)9-4-11-2-7-13(8-3-11)23-16(17)18/h2-4,7-10,12,16H,5-6H2,1H3,(H,19,21)/b9-4+. The fraction of sp³-hybridized carbons (Fsp3) is 0.375. The predicted molar refractivity (Wildman–Crippen MR) is 78.8 cm³/mol. The highest BCUT2D eigenvalue weighted by molar-refractivity contribution is 5.90. The van der Waals surface area contributed by atoms with Gasteiger partial charge in [0.1, 0.15) is 5.75 Å². The quantitative estimate of drug-likeness (QED) is 0.618. The van der Waals surface area contributed by atoms with E-state index in [2.05, 4.69) is 10.1 Å².